The lowest BCUT2D eigenvalue weighted by Gasteiger charge is -2.08. The van der Waals surface area contributed by atoms with Gasteiger partial charge in [0, 0.05) is 17.1 Å². The van der Waals surface area contributed by atoms with Crippen LogP contribution in [0, 0.1) is 19.7 Å². The lowest BCUT2D eigenvalue weighted by Crippen LogP contribution is -2.41. The van der Waals surface area contributed by atoms with E-state index in [2.05, 4.69) is 10.6 Å². The quantitative estimate of drug-likeness (QED) is 0.568. The normalized spacial score (nSPS) is 11.5. The summed E-state index contributed by atoms with van der Waals surface area (Å²) in [4.78, 5) is 14.5. The monoisotopic (exact) mass is 373 g/mol. The average Bonchev–Trinajstić information content (AvgIpc) is 2.87. The van der Waals surface area contributed by atoms with Crippen LogP contribution in [-0.2, 0) is 14.8 Å². The number of nitrogens with zero attached hydrogens (tertiary/aromatic N) is 1. The molecule has 0 bridgehead atoms. The summed E-state index contributed by atoms with van der Waals surface area (Å²) in [6, 6.07) is 5.89. The van der Waals surface area contributed by atoms with Gasteiger partial charge in [0.1, 0.15) is 16.4 Å². The third kappa shape index (κ3) is 4.79. The van der Waals surface area contributed by atoms with Crippen molar-refractivity contribution in [2.75, 3.05) is 5.75 Å². The van der Waals surface area contributed by atoms with Gasteiger partial charge in [0.25, 0.3) is 10.0 Å². The van der Waals surface area contributed by atoms with Crippen molar-refractivity contribution in [2.24, 2.45) is 0 Å². The Balaban J connectivity index is 1.81. The highest BCUT2D eigenvalue weighted by molar-refractivity contribution is 7.99. The number of carbonyl (C=O) groups is 1. The Labute approximate surface area is 143 Å². The standard InChI is InChI=1S/C14H16FN3O4S2/c1-9-14(10(2)22-17-9)24(20,21)18-16-13(19)7-8-23-12-5-3-11(15)4-6-12/h3-6,18H,7-8H2,1-2H3,(H,16,19). The Morgan fingerprint density at radius 3 is 2.54 bits per heavy atom. The highest BCUT2D eigenvalue weighted by Crippen LogP contribution is 2.19. The van der Waals surface area contributed by atoms with Gasteiger partial charge < -0.3 is 4.52 Å². The van der Waals surface area contributed by atoms with E-state index < -0.39 is 15.9 Å². The fraction of sp³-hybridized carbons (Fsp3) is 0.286. The minimum atomic E-state index is -3.94. The van der Waals surface area contributed by atoms with Gasteiger partial charge in [-0.25, -0.2) is 12.8 Å². The highest BCUT2D eigenvalue weighted by atomic mass is 32.2. The van der Waals surface area contributed by atoms with Gasteiger partial charge in [0.2, 0.25) is 5.91 Å². The van der Waals surface area contributed by atoms with E-state index in [4.69, 9.17) is 4.52 Å². The summed E-state index contributed by atoms with van der Waals surface area (Å²) in [6.45, 7) is 2.96. The number of carbonyl (C=O) groups excluding carboxylic acids is 1. The predicted octanol–water partition coefficient (Wildman–Crippen LogP) is 1.92. The van der Waals surface area contributed by atoms with Crippen molar-refractivity contribution in [2.45, 2.75) is 30.1 Å². The van der Waals surface area contributed by atoms with E-state index >= 15 is 0 Å². The number of thioether (sulfide) groups is 1. The minimum absolute atomic E-state index is 0.0894. The van der Waals surface area contributed by atoms with E-state index in [1.54, 1.807) is 12.1 Å². The van der Waals surface area contributed by atoms with Gasteiger partial charge in [0.15, 0.2) is 5.76 Å². The van der Waals surface area contributed by atoms with Crippen molar-refractivity contribution < 1.29 is 22.1 Å². The molecule has 1 aromatic carbocycles. The summed E-state index contributed by atoms with van der Waals surface area (Å²) in [6.07, 6.45) is 0.0894. The topological polar surface area (TPSA) is 101 Å². The second kappa shape index (κ2) is 7.77. The zero-order valence-electron chi connectivity index (χ0n) is 13.0. The molecular weight excluding hydrogens is 357 g/mol. The molecule has 0 fully saturated rings. The lowest BCUT2D eigenvalue weighted by molar-refractivity contribution is -0.121. The van der Waals surface area contributed by atoms with Gasteiger partial charge in [-0.2, -0.15) is 0 Å². The lowest BCUT2D eigenvalue weighted by atomic mass is 10.4. The van der Waals surface area contributed by atoms with E-state index in [0.29, 0.717) is 5.75 Å². The summed E-state index contributed by atoms with van der Waals surface area (Å²) in [5, 5.41) is 3.56. The van der Waals surface area contributed by atoms with Gasteiger partial charge in [-0.05, 0) is 38.1 Å². The Morgan fingerprint density at radius 1 is 1.29 bits per heavy atom. The van der Waals surface area contributed by atoms with E-state index in [0.717, 1.165) is 4.90 Å². The molecule has 0 aliphatic heterocycles. The maximum atomic E-state index is 12.8. The number of hydrogen-bond donors (Lipinski definition) is 2. The van der Waals surface area contributed by atoms with Gasteiger partial charge in [-0.15, -0.1) is 16.6 Å². The van der Waals surface area contributed by atoms with Crippen LogP contribution in [0.5, 0.6) is 0 Å². The molecule has 0 saturated carbocycles. The number of nitrogens with one attached hydrogen (secondary N) is 2. The molecule has 2 N–H and O–H groups in total. The Hall–Kier alpha value is -1.91. The number of benzene rings is 1. The maximum Gasteiger partial charge on any atom is 0.262 e. The summed E-state index contributed by atoms with van der Waals surface area (Å²) < 4.78 is 41.8. The molecule has 1 heterocycles. The molecule has 0 unspecified atom stereocenters. The van der Waals surface area contributed by atoms with Crippen molar-refractivity contribution in [3.63, 3.8) is 0 Å². The number of sulfonamides is 1. The molecule has 0 saturated heterocycles. The molecule has 0 aliphatic rings. The van der Waals surface area contributed by atoms with E-state index in [-0.39, 0.29) is 28.6 Å². The molecule has 24 heavy (non-hydrogen) atoms. The molecule has 0 radical (unpaired) electrons. The van der Waals surface area contributed by atoms with E-state index in [1.165, 1.54) is 37.7 Å². The molecule has 0 aliphatic carbocycles. The first-order valence-electron chi connectivity index (χ1n) is 6.91. The van der Waals surface area contributed by atoms with Crippen molar-refractivity contribution >= 4 is 27.7 Å². The first kappa shape index (κ1) is 18.4. The average molecular weight is 373 g/mol. The minimum Gasteiger partial charge on any atom is -0.360 e. The Morgan fingerprint density at radius 2 is 1.96 bits per heavy atom. The van der Waals surface area contributed by atoms with E-state index in [1.807, 2.05) is 4.83 Å². The smallest absolute Gasteiger partial charge is 0.262 e. The van der Waals surface area contributed by atoms with Gasteiger partial charge in [0.05, 0.1) is 0 Å². The highest BCUT2D eigenvalue weighted by Gasteiger charge is 2.24. The second-order valence-electron chi connectivity index (χ2n) is 4.86. The Bertz CT molecular complexity index is 800. The Kier molecular flexibility index (Phi) is 5.97. The third-order valence-electron chi connectivity index (χ3n) is 2.97. The molecule has 1 aromatic heterocycles. The van der Waals surface area contributed by atoms with Crippen LogP contribution in [-0.4, -0.2) is 25.2 Å². The van der Waals surface area contributed by atoms with E-state index in [9.17, 15) is 17.6 Å². The van der Waals surface area contributed by atoms with Crippen LogP contribution in [0.2, 0.25) is 0 Å². The first-order chi connectivity index (χ1) is 11.3. The maximum absolute atomic E-state index is 12.8. The van der Waals surface area contributed by atoms with Crippen molar-refractivity contribution in [3.8, 4) is 0 Å². The summed E-state index contributed by atoms with van der Waals surface area (Å²) in [7, 11) is -3.94. The third-order valence-corrected chi connectivity index (χ3v) is 5.48. The van der Waals surface area contributed by atoms with Crippen LogP contribution in [0.4, 0.5) is 4.39 Å². The van der Waals surface area contributed by atoms with Crippen LogP contribution in [0.15, 0.2) is 38.6 Å². The van der Waals surface area contributed by atoms with Crippen LogP contribution < -0.4 is 10.3 Å². The number of amides is 1. The van der Waals surface area contributed by atoms with Crippen LogP contribution in [0.3, 0.4) is 0 Å². The molecule has 2 aromatic rings. The van der Waals surface area contributed by atoms with Crippen LogP contribution in [0.25, 0.3) is 0 Å². The predicted molar refractivity (Wildman–Crippen MR) is 86.2 cm³/mol. The zero-order valence-corrected chi connectivity index (χ0v) is 14.6. The molecule has 0 atom stereocenters. The molecule has 10 heteroatoms. The van der Waals surface area contributed by atoms with Crippen LogP contribution >= 0.6 is 11.8 Å². The van der Waals surface area contributed by atoms with Crippen LogP contribution in [0.1, 0.15) is 17.9 Å². The van der Waals surface area contributed by atoms with Gasteiger partial charge >= 0.3 is 0 Å². The molecular formula is C14H16FN3O4S2. The summed E-state index contributed by atoms with van der Waals surface area (Å²) in [5.74, 6) is -0.253. The fourth-order valence-corrected chi connectivity index (χ4v) is 3.93. The number of halogens is 1. The fourth-order valence-electron chi connectivity index (χ4n) is 1.89. The van der Waals surface area contributed by atoms with Gasteiger partial charge in [-0.1, -0.05) is 5.16 Å². The molecule has 1 amide bonds. The molecule has 2 rings (SSSR count). The number of hydrazine groups is 1. The number of aromatic nitrogens is 1. The van der Waals surface area contributed by atoms with Crippen molar-refractivity contribution in [1.82, 2.24) is 15.4 Å². The largest absolute Gasteiger partial charge is 0.360 e. The molecule has 0 spiro atoms. The second-order valence-corrected chi connectivity index (χ2v) is 7.65. The number of hydrogen-bond acceptors (Lipinski definition) is 6. The van der Waals surface area contributed by atoms with Crippen molar-refractivity contribution in [1.29, 1.82) is 0 Å². The zero-order chi connectivity index (χ0) is 17.7. The first-order valence-corrected chi connectivity index (χ1v) is 9.38. The van der Waals surface area contributed by atoms with Gasteiger partial charge in [-0.3, -0.25) is 10.2 Å². The summed E-state index contributed by atoms with van der Waals surface area (Å²) >= 11 is 1.36. The summed E-state index contributed by atoms with van der Waals surface area (Å²) in [5.41, 5.74) is 2.35. The molecule has 7 nitrogen and oxygen atoms in total. The SMILES string of the molecule is Cc1noc(C)c1S(=O)(=O)NNC(=O)CCSc1ccc(F)cc1. The van der Waals surface area contributed by atoms with Crippen molar-refractivity contribution in [3.05, 3.63) is 41.5 Å². The number of aryl methyl sites for hydroxylation is 2. The molecule has 130 valence electrons. The number of rotatable bonds is 7.